The van der Waals surface area contributed by atoms with Crippen LogP contribution in [0.4, 0.5) is 4.48 Å². The van der Waals surface area contributed by atoms with E-state index in [4.69, 9.17) is 0 Å². The molecule has 0 N–H and O–H groups in total. The van der Waals surface area contributed by atoms with Crippen LogP contribution in [-0.2, 0) is 0 Å². The van der Waals surface area contributed by atoms with E-state index in [2.05, 4.69) is 20.9 Å². The summed E-state index contributed by atoms with van der Waals surface area (Å²) in [5.74, 6) is 0. The van der Waals surface area contributed by atoms with Gasteiger partial charge < -0.3 is 0 Å². The van der Waals surface area contributed by atoms with Gasteiger partial charge in [0.2, 0.25) is 0 Å². The minimum Gasteiger partial charge on any atom is -0.234 e. The van der Waals surface area contributed by atoms with Gasteiger partial charge in [-0.15, -0.1) is 0 Å². The highest BCUT2D eigenvalue weighted by atomic mass is 79.9. The van der Waals surface area contributed by atoms with Gasteiger partial charge in [-0.25, -0.2) is 4.98 Å². The van der Waals surface area contributed by atoms with Gasteiger partial charge in [0.05, 0.1) is 5.52 Å². The molecule has 0 saturated carbocycles. The average molecular weight is 215 g/mol. The molecular formula is C7H4BrFN2. The van der Waals surface area contributed by atoms with Crippen molar-refractivity contribution in [2.24, 2.45) is 0 Å². The van der Waals surface area contributed by atoms with Crippen LogP contribution >= 0.6 is 15.9 Å². The third-order valence-corrected chi connectivity index (χ3v) is 1.96. The summed E-state index contributed by atoms with van der Waals surface area (Å²) >= 11 is 3.27. The molecule has 1 heterocycles. The van der Waals surface area contributed by atoms with Crippen molar-refractivity contribution in [2.75, 3.05) is 0 Å². The number of imidazole rings is 1. The summed E-state index contributed by atoms with van der Waals surface area (Å²) in [6.07, 6.45) is 1.15. The Balaban J connectivity index is 2.86. The fourth-order valence-corrected chi connectivity index (χ4v) is 1.30. The van der Waals surface area contributed by atoms with Crippen LogP contribution in [0.5, 0.6) is 0 Å². The molecule has 0 bridgehead atoms. The van der Waals surface area contributed by atoms with Gasteiger partial charge in [0.15, 0.2) is 0 Å². The molecule has 1 aromatic carbocycles. The molecule has 56 valence electrons. The maximum Gasteiger partial charge on any atom is 0.127 e. The second-order valence-electron chi connectivity index (χ2n) is 2.19. The molecule has 0 aliphatic rings. The number of hydrogen-bond acceptors (Lipinski definition) is 1. The van der Waals surface area contributed by atoms with E-state index in [1.54, 1.807) is 18.2 Å². The van der Waals surface area contributed by atoms with Crippen LogP contribution in [0.25, 0.3) is 11.0 Å². The zero-order valence-electron chi connectivity index (χ0n) is 5.46. The lowest BCUT2D eigenvalue weighted by Gasteiger charge is -1.89. The second-order valence-corrected chi connectivity index (χ2v) is 3.10. The highest BCUT2D eigenvalue weighted by molar-refractivity contribution is 9.10. The largest absolute Gasteiger partial charge is 0.234 e. The fourth-order valence-electron chi connectivity index (χ4n) is 0.956. The van der Waals surface area contributed by atoms with E-state index in [0.717, 1.165) is 10.8 Å². The van der Waals surface area contributed by atoms with E-state index >= 15 is 0 Å². The first-order chi connectivity index (χ1) is 5.27. The predicted octanol–water partition coefficient (Wildman–Crippen LogP) is 2.53. The highest BCUT2D eigenvalue weighted by Crippen LogP contribution is 2.18. The predicted molar refractivity (Wildman–Crippen MR) is 43.9 cm³/mol. The smallest absolute Gasteiger partial charge is 0.127 e. The molecule has 0 fully saturated rings. The molecule has 11 heavy (non-hydrogen) atoms. The van der Waals surface area contributed by atoms with Gasteiger partial charge >= 0.3 is 0 Å². The van der Waals surface area contributed by atoms with Crippen LogP contribution in [0.1, 0.15) is 0 Å². The monoisotopic (exact) mass is 214 g/mol. The number of benzene rings is 1. The van der Waals surface area contributed by atoms with E-state index in [1.165, 1.54) is 0 Å². The molecule has 2 nitrogen and oxygen atoms in total. The number of fused-ring (bicyclic) bond motifs is 1. The maximum absolute atomic E-state index is 12.7. The van der Waals surface area contributed by atoms with Gasteiger partial charge in [0.1, 0.15) is 11.8 Å². The van der Waals surface area contributed by atoms with E-state index < -0.39 is 0 Å². The SMILES string of the molecule is Fn1cnc2cc(Br)ccc21. The summed E-state index contributed by atoms with van der Waals surface area (Å²) in [5, 5.41) is 0. The van der Waals surface area contributed by atoms with Crippen LogP contribution in [0.3, 0.4) is 0 Å². The second kappa shape index (κ2) is 2.30. The minimum absolute atomic E-state index is 0.494. The van der Waals surface area contributed by atoms with Gasteiger partial charge in [-0.1, -0.05) is 20.4 Å². The van der Waals surface area contributed by atoms with Gasteiger partial charge in [-0.2, -0.15) is 4.79 Å². The molecule has 0 aliphatic heterocycles. The molecule has 0 saturated heterocycles. The molecule has 0 amide bonds. The summed E-state index contributed by atoms with van der Waals surface area (Å²) in [6, 6.07) is 5.22. The summed E-state index contributed by atoms with van der Waals surface area (Å²) in [5.41, 5.74) is 1.15. The van der Waals surface area contributed by atoms with Crippen molar-refractivity contribution in [3.05, 3.63) is 29.0 Å². The Morgan fingerprint density at radius 1 is 1.45 bits per heavy atom. The molecular weight excluding hydrogens is 211 g/mol. The summed E-state index contributed by atoms with van der Waals surface area (Å²) < 4.78 is 13.6. The Morgan fingerprint density at radius 3 is 3.09 bits per heavy atom. The Bertz CT molecular complexity index is 396. The first-order valence-electron chi connectivity index (χ1n) is 3.06. The lowest BCUT2D eigenvalue weighted by molar-refractivity contribution is 0.384. The van der Waals surface area contributed by atoms with Crippen molar-refractivity contribution >= 4 is 27.0 Å². The van der Waals surface area contributed by atoms with E-state index in [-0.39, 0.29) is 0 Å². The van der Waals surface area contributed by atoms with Crippen molar-refractivity contribution in [1.29, 1.82) is 0 Å². The van der Waals surface area contributed by atoms with Crippen LogP contribution in [0.15, 0.2) is 29.0 Å². The maximum atomic E-state index is 12.7. The molecule has 2 rings (SSSR count). The summed E-state index contributed by atoms with van der Waals surface area (Å²) in [4.78, 5) is 4.34. The van der Waals surface area contributed by atoms with Crippen LogP contribution in [0.2, 0.25) is 0 Å². The van der Waals surface area contributed by atoms with Crippen molar-refractivity contribution in [1.82, 2.24) is 9.77 Å². The Kier molecular flexibility index (Phi) is 1.42. The highest BCUT2D eigenvalue weighted by Gasteiger charge is 2.00. The van der Waals surface area contributed by atoms with E-state index in [0.29, 0.717) is 15.8 Å². The number of nitrogens with zero attached hydrogens (tertiary/aromatic N) is 2. The third kappa shape index (κ3) is 1.03. The topological polar surface area (TPSA) is 17.8 Å². The molecule has 4 heteroatoms. The zero-order chi connectivity index (χ0) is 7.84. The van der Waals surface area contributed by atoms with Gasteiger partial charge in [-0.3, -0.25) is 0 Å². The van der Waals surface area contributed by atoms with Crippen LogP contribution < -0.4 is 0 Å². The molecule has 1 aromatic heterocycles. The third-order valence-electron chi connectivity index (χ3n) is 1.47. The first kappa shape index (κ1) is 6.79. The average Bonchev–Trinajstić information content (AvgIpc) is 2.32. The van der Waals surface area contributed by atoms with Crippen molar-refractivity contribution < 1.29 is 4.48 Å². The normalized spacial score (nSPS) is 10.7. The molecule has 0 unspecified atom stereocenters. The van der Waals surface area contributed by atoms with E-state index in [1.807, 2.05) is 0 Å². The van der Waals surface area contributed by atoms with E-state index in [9.17, 15) is 4.48 Å². The van der Waals surface area contributed by atoms with Crippen LogP contribution in [-0.4, -0.2) is 9.77 Å². The number of aromatic nitrogens is 2. The van der Waals surface area contributed by atoms with Crippen molar-refractivity contribution in [3.8, 4) is 0 Å². The number of halogens is 2. The zero-order valence-corrected chi connectivity index (χ0v) is 7.05. The standard InChI is InChI=1S/C7H4BrFN2/c8-5-1-2-7-6(3-5)10-4-11(7)9/h1-4H. The quantitative estimate of drug-likeness (QED) is 0.660. The van der Waals surface area contributed by atoms with Gasteiger partial charge in [-0.05, 0) is 18.2 Å². The summed E-state index contributed by atoms with van der Waals surface area (Å²) in [7, 11) is 0. The lowest BCUT2D eigenvalue weighted by atomic mass is 10.3. The van der Waals surface area contributed by atoms with Crippen molar-refractivity contribution in [3.63, 3.8) is 0 Å². The summed E-state index contributed by atoms with van der Waals surface area (Å²) in [6.45, 7) is 0. The van der Waals surface area contributed by atoms with Gasteiger partial charge in [0, 0.05) is 4.47 Å². The molecule has 2 aromatic rings. The van der Waals surface area contributed by atoms with Gasteiger partial charge in [0.25, 0.3) is 0 Å². The van der Waals surface area contributed by atoms with Crippen LogP contribution in [0, 0.1) is 0 Å². The minimum atomic E-state index is 0.494. The number of rotatable bonds is 0. The van der Waals surface area contributed by atoms with Crippen molar-refractivity contribution in [2.45, 2.75) is 0 Å². The Labute approximate surface area is 70.7 Å². The first-order valence-corrected chi connectivity index (χ1v) is 3.85. The Morgan fingerprint density at radius 2 is 2.27 bits per heavy atom. The molecule has 0 radical (unpaired) electrons. The fraction of sp³-hybridized carbons (Fsp3) is 0. The molecule has 0 aliphatic carbocycles. The number of hydrogen-bond donors (Lipinski definition) is 0. The molecule has 0 spiro atoms. The molecule has 0 atom stereocenters. The Hall–Kier alpha value is -0.900. The lowest BCUT2D eigenvalue weighted by Crippen LogP contribution is -1.76.